The molecule has 0 bridgehead atoms. The summed E-state index contributed by atoms with van der Waals surface area (Å²) in [5, 5.41) is 0. The minimum absolute atomic E-state index is 0.0466. The van der Waals surface area contributed by atoms with E-state index < -0.39 is 0 Å². The lowest BCUT2D eigenvalue weighted by Crippen LogP contribution is -2.39. The Morgan fingerprint density at radius 3 is 2.81 bits per heavy atom. The maximum atomic E-state index is 11.9. The van der Waals surface area contributed by atoms with Crippen LogP contribution in [0.25, 0.3) is 0 Å². The summed E-state index contributed by atoms with van der Waals surface area (Å²) < 4.78 is 11.0. The second-order valence-corrected chi connectivity index (χ2v) is 5.52. The number of carbonyl (C=O) groups excluding carboxylic acids is 1. The summed E-state index contributed by atoms with van der Waals surface area (Å²) in [4.78, 5) is 16.1. The molecule has 5 nitrogen and oxygen atoms in total. The van der Waals surface area contributed by atoms with Crippen molar-refractivity contribution in [3.63, 3.8) is 0 Å². The fourth-order valence-electron chi connectivity index (χ4n) is 2.83. The molecular weight excluding hydrogens is 268 g/mol. The maximum absolute atomic E-state index is 11.9. The molecule has 0 spiro atoms. The van der Waals surface area contributed by atoms with Crippen molar-refractivity contribution in [3.8, 4) is 5.75 Å². The summed E-state index contributed by atoms with van der Waals surface area (Å²) in [6, 6.07) is 6.18. The van der Waals surface area contributed by atoms with Crippen LogP contribution in [0.2, 0.25) is 0 Å². The summed E-state index contributed by atoms with van der Waals surface area (Å²) >= 11 is 0. The first-order chi connectivity index (χ1) is 10.3. The topological polar surface area (TPSA) is 42.0 Å². The zero-order chi connectivity index (χ0) is 14.7. The van der Waals surface area contributed by atoms with Gasteiger partial charge in [-0.05, 0) is 24.1 Å². The van der Waals surface area contributed by atoms with Crippen molar-refractivity contribution >= 4 is 11.6 Å². The molecule has 0 saturated carbocycles. The lowest BCUT2D eigenvalue weighted by Gasteiger charge is -2.30. The highest BCUT2D eigenvalue weighted by Gasteiger charge is 2.25. The third-order valence-electron chi connectivity index (χ3n) is 3.92. The van der Waals surface area contributed by atoms with E-state index in [1.165, 1.54) is 5.56 Å². The van der Waals surface area contributed by atoms with Crippen LogP contribution in [0.1, 0.15) is 18.9 Å². The molecule has 21 heavy (non-hydrogen) atoms. The van der Waals surface area contributed by atoms with E-state index >= 15 is 0 Å². The lowest BCUT2D eigenvalue weighted by atomic mass is 10.1. The molecule has 0 atom stereocenters. The molecule has 1 aromatic rings. The van der Waals surface area contributed by atoms with E-state index in [1.807, 2.05) is 11.0 Å². The Balaban J connectivity index is 1.76. The highest BCUT2D eigenvalue weighted by Crippen LogP contribution is 2.33. The zero-order valence-electron chi connectivity index (χ0n) is 12.5. The van der Waals surface area contributed by atoms with Crippen LogP contribution in [0.5, 0.6) is 5.75 Å². The smallest absolute Gasteiger partial charge is 0.265 e. The van der Waals surface area contributed by atoms with Gasteiger partial charge in [-0.25, -0.2) is 0 Å². The molecule has 114 valence electrons. The summed E-state index contributed by atoms with van der Waals surface area (Å²) in [5.74, 6) is 0.874. The molecule has 1 aromatic carbocycles. The molecule has 2 aliphatic heterocycles. The Hall–Kier alpha value is -1.59. The largest absolute Gasteiger partial charge is 0.482 e. The summed E-state index contributed by atoms with van der Waals surface area (Å²) in [6.07, 6.45) is 0.945. The van der Waals surface area contributed by atoms with E-state index in [-0.39, 0.29) is 12.5 Å². The normalized spacial score (nSPS) is 19.3. The number of rotatable bonds is 4. The van der Waals surface area contributed by atoms with Crippen LogP contribution in [-0.2, 0) is 16.1 Å². The second-order valence-electron chi connectivity index (χ2n) is 5.52. The number of nitrogens with zero attached hydrogens (tertiary/aromatic N) is 2. The number of hydrogen-bond donors (Lipinski definition) is 0. The number of ether oxygens (including phenoxy) is 2. The van der Waals surface area contributed by atoms with Crippen LogP contribution in [-0.4, -0.2) is 50.3 Å². The van der Waals surface area contributed by atoms with E-state index in [2.05, 4.69) is 24.0 Å². The van der Waals surface area contributed by atoms with Crippen molar-refractivity contribution in [2.75, 3.05) is 44.4 Å². The van der Waals surface area contributed by atoms with Gasteiger partial charge in [0, 0.05) is 26.2 Å². The molecular formula is C16H22N2O3. The number of anilines is 1. The molecule has 2 heterocycles. The van der Waals surface area contributed by atoms with Gasteiger partial charge in [-0.1, -0.05) is 13.0 Å². The third-order valence-corrected chi connectivity index (χ3v) is 3.92. The number of morpholine rings is 1. The highest BCUT2D eigenvalue weighted by atomic mass is 16.5. The predicted molar refractivity (Wildman–Crippen MR) is 80.7 cm³/mol. The fraction of sp³-hybridized carbons (Fsp3) is 0.562. The molecule has 0 aliphatic carbocycles. The van der Waals surface area contributed by atoms with Gasteiger partial charge in [-0.3, -0.25) is 9.69 Å². The van der Waals surface area contributed by atoms with Crippen LogP contribution in [0.4, 0.5) is 5.69 Å². The summed E-state index contributed by atoms with van der Waals surface area (Å²) in [5.41, 5.74) is 2.13. The van der Waals surface area contributed by atoms with Crippen LogP contribution in [0.3, 0.4) is 0 Å². The van der Waals surface area contributed by atoms with Gasteiger partial charge in [-0.15, -0.1) is 0 Å². The molecule has 0 aromatic heterocycles. The van der Waals surface area contributed by atoms with Crippen molar-refractivity contribution in [3.05, 3.63) is 23.8 Å². The van der Waals surface area contributed by atoms with Gasteiger partial charge < -0.3 is 14.4 Å². The fourth-order valence-corrected chi connectivity index (χ4v) is 2.83. The minimum Gasteiger partial charge on any atom is -0.482 e. The van der Waals surface area contributed by atoms with Crippen molar-refractivity contribution < 1.29 is 14.3 Å². The van der Waals surface area contributed by atoms with E-state index in [9.17, 15) is 4.79 Å². The van der Waals surface area contributed by atoms with Crippen molar-refractivity contribution in [1.82, 2.24) is 4.90 Å². The highest BCUT2D eigenvalue weighted by molar-refractivity contribution is 5.97. The Morgan fingerprint density at radius 1 is 1.24 bits per heavy atom. The van der Waals surface area contributed by atoms with E-state index in [0.29, 0.717) is 0 Å². The van der Waals surface area contributed by atoms with Crippen LogP contribution in [0, 0.1) is 0 Å². The van der Waals surface area contributed by atoms with Gasteiger partial charge in [0.2, 0.25) is 0 Å². The minimum atomic E-state index is 0.0466. The van der Waals surface area contributed by atoms with Crippen LogP contribution < -0.4 is 9.64 Å². The first-order valence-corrected chi connectivity index (χ1v) is 7.64. The Bertz CT molecular complexity index is 512. The van der Waals surface area contributed by atoms with Crippen LogP contribution >= 0.6 is 0 Å². The van der Waals surface area contributed by atoms with Crippen LogP contribution in [0.15, 0.2) is 18.2 Å². The molecule has 3 rings (SSSR count). The van der Waals surface area contributed by atoms with Gasteiger partial charge in [0.1, 0.15) is 5.75 Å². The SMILES string of the molecule is CCCN1C(=O)COc2cc(CN3CCOCC3)ccc21. The summed E-state index contributed by atoms with van der Waals surface area (Å²) in [6.45, 7) is 7.43. The number of benzene rings is 1. The van der Waals surface area contributed by atoms with Gasteiger partial charge in [0.25, 0.3) is 5.91 Å². The van der Waals surface area contributed by atoms with Crippen molar-refractivity contribution in [2.24, 2.45) is 0 Å². The van der Waals surface area contributed by atoms with E-state index in [0.717, 1.165) is 57.3 Å². The first kappa shape index (κ1) is 14.4. The molecule has 1 saturated heterocycles. The summed E-state index contributed by atoms with van der Waals surface area (Å²) in [7, 11) is 0. The molecule has 5 heteroatoms. The molecule has 0 N–H and O–H groups in total. The first-order valence-electron chi connectivity index (χ1n) is 7.64. The Labute approximate surface area is 125 Å². The quantitative estimate of drug-likeness (QED) is 0.845. The third kappa shape index (κ3) is 3.19. The zero-order valence-corrected chi connectivity index (χ0v) is 12.5. The molecule has 0 radical (unpaired) electrons. The number of carbonyl (C=O) groups is 1. The molecule has 2 aliphatic rings. The standard InChI is InChI=1S/C16H22N2O3/c1-2-5-18-14-4-3-13(10-15(14)21-12-16(18)19)11-17-6-8-20-9-7-17/h3-4,10H,2,5-9,11-12H2,1H3. The van der Waals surface area contributed by atoms with Crippen molar-refractivity contribution in [2.45, 2.75) is 19.9 Å². The van der Waals surface area contributed by atoms with E-state index in [1.54, 1.807) is 0 Å². The van der Waals surface area contributed by atoms with Crippen molar-refractivity contribution in [1.29, 1.82) is 0 Å². The average molecular weight is 290 g/mol. The number of hydrogen-bond acceptors (Lipinski definition) is 4. The van der Waals surface area contributed by atoms with Gasteiger partial charge in [0.15, 0.2) is 6.61 Å². The average Bonchev–Trinajstić information content (AvgIpc) is 2.51. The lowest BCUT2D eigenvalue weighted by molar-refractivity contribution is -0.121. The molecule has 0 unspecified atom stereocenters. The maximum Gasteiger partial charge on any atom is 0.265 e. The van der Waals surface area contributed by atoms with Gasteiger partial charge >= 0.3 is 0 Å². The Kier molecular flexibility index (Phi) is 4.41. The molecule has 1 fully saturated rings. The Morgan fingerprint density at radius 2 is 2.05 bits per heavy atom. The predicted octanol–water partition coefficient (Wildman–Crippen LogP) is 1.65. The second kappa shape index (κ2) is 6.45. The monoisotopic (exact) mass is 290 g/mol. The van der Waals surface area contributed by atoms with E-state index in [4.69, 9.17) is 9.47 Å². The number of amides is 1. The van der Waals surface area contributed by atoms with Gasteiger partial charge in [-0.2, -0.15) is 0 Å². The molecule has 1 amide bonds. The van der Waals surface area contributed by atoms with Gasteiger partial charge in [0.05, 0.1) is 18.9 Å². The number of fused-ring (bicyclic) bond motifs is 1.